The van der Waals surface area contributed by atoms with Crippen LogP contribution in [0, 0.1) is 0 Å². The number of aromatic nitrogens is 1. The lowest BCUT2D eigenvalue weighted by molar-refractivity contribution is -0.129. The lowest BCUT2D eigenvalue weighted by Gasteiger charge is -2.34. The highest BCUT2D eigenvalue weighted by Gasteiger charge is 2.25. The van der Waals surface area contributed by atoms with E-state index in [4.69, 9.17) is 0 Å². The summed E-state index contributed by atoms with van der Waals surface area (Å²) < 4.78 is 2.22. The molecule has 2 aromatic heterocycles. The zero-order valence-electron chi connectivity index (χ0n) is 10.8. The third kappa shape index (κ3) is 2.36. The van der Waals surface area contributed by atoms with Crippen molar-refractivity contribution in [1.29, 1.82) is 0 Å². The number of hydrogen-bond acceptors (Lipinski definition) is 2. The summed E-state index contributed by atoms with van der Waals surface area (Å²) in [6.45, 7) is 3.74. The lowest BCUT2D eigenvalue weighted by Crippen LogP contribution is -2.39. The van der Waals surface area contributed by atoms with Gasteiger partial charge in [0.15, 0.2) is 0 Å². The van der Waals surface area contributed by atoms with Gasteiger partial charge >= 0.3 is 0 Å². The second-order valence-corrected chi connectivity index (χ2v) is 5.66. The van der Waals surface area contributed by atoms with Crippen molar-refractivity contribution in [3.63, 3.8) is 0 Å². The van der Waals surface area contributed by atoms with Gasteiger partial charge in [-0.15, -0.1) is 11.3 Å². The summed E-state index contributed by atoms with van der Waals surface area (Å²) in [6.07, 6.45) is 5.66. The largest absolute Gasteiger partial charge is 0.348 e. The average Bonchev–Trinajstić information content (AvgIpc) is 3.07. The summed E-state index contributed by atoms with van der Waals surface area (Å²) >= 11 is 1.64. The number of carbonyl (C=O) groups excluding carboxylic acids is 1. The molecule has 3 nitrogen and oxygen atoms in total. The predicted molar refractivity (Wildman–Crippen MR) is 77.9 cm³/mol. The van der Waals surface area contributed by atoms with Crippen LogP contribution < -0.4 is 0 Å². The van der Waals surface area contributed by atoms with E-state index in [0.29, 0.717) is 0 Å². The van der Waals surface area contributed by atoms with Gasteiger partial charge in [0.05, 0.1) is 6.04 Å². The molecular formula is C15H16N2OS. The van der Waals surface area contributed by atoms with Gasteiger partial charge in [-0.05, 0) is 36.6 Å². The Labute approximate surface area is 116 Å². The molecule has 0 saturated carbocycles. The molecule has 0 radical (unpaired) electrons. The monoisotopic (exact) mass is 272 g/mol. The maximum Gasteiger partial charge on any atom is 0.247 e. The van der Waals surface area contributed by atoms with E-state index in [1.807, 2.05) is 34.6 Å². The second kappa shape index (κ2) is 5.05. The standard InChI is InChI=1S/C15H16N2OS/c1-12-14-5-2-8-16(14)9-10-17(12)15(18)7-6-13-4-3-11-19-13/h2-8,11-12H,9-10H2,1H3/b7-6+/t12-/m1/s1. The normalized spacial score (nSPS) is 18.8. The van der Waals surface area contributed by atoms with Crippen LogP contribution in [0.3, 0.4) is 0 Å². The molecule has 98 valence electrons. The number of hydrogen-bond donors (Lipinski definition) is 0. The molecule has 1 amide bonds. The molecule has 0 N–H and O–H groups in total. The number of carbonyl (C=O) groups is 1. The van der Waals surface area contributed by atoms with E-state index in [1.165, 1.54) is 5.69 Å². The van der Waals surface area contributed by atoms with Gasteiger partial charge in [-0.25, -0.2) is 0 Å². The van der Waals surface area contributed by atoms with Crippen molar-refractivity contribution in [2.75, 3.05) is 6.54 Å². The fraction of sp³-hybridized carbons (Fsp3) is 0.267. The number of nitrogens with zero attached hydrogens (tertiary/aromatic N) is 2. The highest BCUT2D eigenvalue weighted by Crippen LogP contribution is 2.25. The van der Waals surface area contributed by atoms with Crippen LogP contribution in [0.1, 0.15) is 23.5 Å². The minimum Gasteiger partial charge on any atom is -0.348 e. The van der Waals surface area contributed by atoms with Crippen LogP contribution >= 0.6 is 11.3 Å². The van der Waals surface area contributed by atoms with Crippen molar-refractivity contribution in [1.82, 2.24) is 9.47 Å². The van der Waals surface area contributed by atoms with Gasteiger partial charge in [-0.1, -0.05) is 6.07 Å². The molecule has 1 atom stereocenters. The molecule has 3 rings (SSSR count). The summed E-state index contributed by atoms with van der Waals surface area (Å²) in [5, 5.41) is 2.01. The molecule has 0 fully saturated rings. The van der Waals surface area contributed by atoms with Gasteiger partial charge in [-0.3, -0.25) is 4.79 Å². The van der Waals surface area contributed by atoms with Gasteiger partial charge in [0.1, 0.15) is 0 Å². The SMILES string of the molecule is C[C@@H]1c2cccn2CCN1C(=O)/C=C/c1cccs1. The van der Waals surface area contributed by atoms with Crippen LogP contribution in [-0.2, 0) is 11.3 Å². The van der Waals surface area contributed by atoms with Crippen LogP contribution in [0.2, 0.25) is 0 Å². The molecule has 4 heteroatoms. The average molecular weight is 272 g/mol. The van der Waals surface area contributed by atoms with Crippen molar-refractivity contribution in [3.05, 3.63) is 52.5 Å². The smallest absolute Gasteiger partial charge is 0.247 e. The Balaban J connectivity index is 1.75. The topological polar surface area (TPSA) is 25.2 Å². The minimum absolute atomic E-state index is 0.0911. The van der Waals surface area contributed by atoms with Gasteiger partial charge < -0.3 is 9.47 Å². The molecule has 2 aromatic rings. The molecule has 0 unspecified atom stereocenters. The zero-order chi connectivity index (χ0) is 13.2. The molecule has 19 heavy (non-hydrogen) atoms. The predicted octanol–water partition coefficient (Wildman–Crippen LogP) is 3.17. The number of rotatable bonds is 2. The maximum absolute atomic E-state index is 12.3. The van der Waals surface area contributed by atoms with E-state index in [-0.39, 0.29) is 11.9 Å². The van der Waals surface area contributed by atoms with E-state index >= 15 is 0 Å². The fourth-order valence-corrected chi connectivity index (χ4v) is 3.13. The third-order valence-electron chi connectivity index (χ3n) is 3.56. The molecule has 0 spiro atoms. The molecular weight excluding hydrogens is 256 g/mol. The third-order valence-corrected chi connectivity index (χ3v) is 4.40. The van der Waals surface area contributed by atoms with E-state index in [9.17, 15) is 4.79 Å². The van der Waals surface area contributed by atoms with Gasteiger partial charge in [0, 0.05) is 35.9 Å². The van der Waals surface area contributed by atoms with E-state index in [2.05, 4.69) is 23.8 Å². The zero-order valence-corrected chi connectivity index (χ0v) is 11.6. The van der Waals surface area contributed by atoms with Crippen molar-refractivity contribution in [3.8, 4) is 0 Å². The first-order valence-corrected chi connectivity index (χ1v) is 7.31. The second-order valence-electron chi connectivity index (χ2n) is 4.68. The Kier molecular flexibility index (Phi) is 3.25. The highest BCUT2D eigenvalue weighted by molar-refractivity contribution is 7.10. The Bertz CT molecular complexity index is 597. The summed E-state index contributed by atoms with van der Waals surface area (Å²) in [5.74, 6) is 0.0911. The summed E-state index contributed by atoms with van der Waals surface area (Å²) in [6, 6.07) is 8.28. The molecule has 0 aliphatic carbocycles. The Morgan fingerprint density at radius 2 is 2.26 bits per heavy atom. The number of thiophene rings is 1. The van der Waals surface area contributed by atoms with Crippen LogP contribution in [0.15, 0.2) is 41.9 Å². The first-order valence-electron chi connectivity index (χ1n) is 6.43. The van der Waals surface area contributed by atoms with Gasteiger partial charge in [-0.2, -0.15) is 0 Å². The highest BCUT2D eigenvalue weighted by atomic mass is 32.1. The van der Waals surface area contributed by atoms with Crippen molar-refractivity contribution in [2.45, 2.75) is 19.5 Å². The molecule has 1 aliphatic rings. The van der Waals surface area contributed by atoms with Gasteiger partial charge in [0.25, 0.3) is 0 Å². The Morgan fingerprint density at radius 1 is 1.37 bits per heavy atom. The maximum atomic E-state index is 12.3. The van der Waals surface area contributed by atoms with Crippen molar-refractivity contribution >= 4 is 23.3 Å². The summed E-state index contributed by atoms with van der Waals surface area (Å²) in [4.78, 5) is 15.3. The van der Waals surface area contributed by atoms with Crippen LogP contribution in [0.4, 0.5) is 0 Å². The molecule has 0 saturated heterocycles. The van der Waals surface area contributed by atoms with Gasteiger partial charge in [0.2, 0.25) is 5.91 Å². The lowest BCUT2D eigenvalue weighted by atomic mass is 10.1. The minimum atomic E-state index is 0.0911. The molecule has 0 aromatic carbocycles. The van der Waals surface area contributed by atoms with E-state index < -0.39 is 0 Å². The molecule has 3 heterocycles. The quantitative estimate of drug-likeness (QED) is 0.771. The van der Waals surface area contributed by atoms with Crippen LogP contribution in [0.5, 0.6) is 0 Å². The molecule has 0 bridgehead atoms. The molecule has 1 aliphatic heterocycles. The number of amides is 1. The van der Waals surface area contributed by atoms with Crippen molar-refractivity contribution < 1.29 is 4.79 Å². The fourth-order valence-electron chi connectivity index (χ4n) is 2.52. The van der Waals surface area contributed by atoms with E-state index in [0.717, 1.165) is 18.0 Å². The van der Waals surface area contributed by atoms with Crippen molar-refractivity contribution in [2.24, 2.45) is 0 Å². The first-order chi connectivity index (χ1) is 9.25. The van der Waals surface area contributed by atoms with E-state index in [1.54, 1.807) is 17.4 Å². The summed E-state index contributed by atoms with van der Waals surface area (Å²) in [5.41, 5.74) is 1.21. The number of fused-ring (bicyclic) bond motifs is 1. The van der Waals surface area contributed by atoms with Crippen LogP contribution in [-0.4, -0.2) is 21.9 Å². The Morgan fingerprint density at radius 3 is 3.05 bits per heavy atom. The first kappa shape index (κ1) is 12.2. The summed E-state index contributed by atoms with van der Waals surface area (Å²) in [7, 11) is 0. The Hall–Kier alpha value is -1.81. The van der Waals surface area contributed by atoms with Crippen LogP contribution in [0.25, 0.3) is 6.08 Å².